The normalized spacial score (nSPS) is 10.1. The van der Waals surface area contributed by atoms with Crippen molar-refractivity contribution >= 4 is 35.0 Å². The summed E-state index contributed by atoms with van der Waals surface area (Å²) in [5.41, 5.74) is 6.48. The molecule has 0 fully saturated rings. The first kappa shape index (κ1) is 12.2. The number of rotatable bonds is 3. The molecule has 0 radical (unpaired) electrons. The van der Waals surface area contributed by atoms with Crippen LogP contribution in [0.25, 0.3) is 0 Å². The Kier molecular flexibility index (Phi) is 4.29. The first-order valence-corrected chi connectivity index (χ1v) is 5.77. The second-order valence-corrected chi connectivity index (χ2v) is 4.47. The lowest BCUT2D eigenvalue weighted by Gasteiger charge is -2.10. The summed E-state index contributed by atoms with van der Waals surface area (Å²) in [6.07, 6.45) is 0. The SMILES string of the molecule is CCSc1ccc(Cl)c(C(=O)OC)c1N. The van der Waals surface area contributed by atoms with Crippen molar-refractivity contribution in [3.8, 4) is 0 Å². The number of nitrogen functional groups attached to an aromatic ring is 1. The maximum atomic E-state index is 11.4. The van der Waals surface area contributed by atoms with Crippen molar-refractivity contribution in [3.63, 3.8) is 0 Å². The summed E-state index contributed by atoms with van der Waals surface area (Å²) in [4.78, 5) is 12.3. The predicted octanol–water partition coefficient (Wildman–Crippen LogP) is 2.82. The smallest absolute Gasteiger partial charge is 0.341 e. The van der Waals surface area contributed by atoms with E-state index in [0.29, 0.717) is 10.7 Å². The standard InChI is InChI=1S/C10H12ClNO2S/c1-3-15-7-5-4-6(11)8(9(7)12)10(13)14-2/h4-5H,3,12H2,1-2H3. The molecule has 0 aliphatic heterocycles. The van der Waals surface area contributed by atoms with E-state index in [0.717, 1.165) is 10.6 Å². The molecular formula is C10H12ClNO2S. The van der Waals surface area contributed by atoms with Crippen molar-refractivity contribution in [3.05, 3.63) is 22.7 Å². The van der Waals surface area contributed by atoms with E-state index in [1.165, 1.54) is 7.11 Å². The van der Waals surface area contributed by atoms with Crippen LogP contribution in [0, 0.1) is 0 Å². The number of ether oxygens (including phenoxy) is 1. The molecule has 0 aromatic heterocycles. The third-order valence-electron chi connectivity index (χ3n) is 1.84. The Morgan fingerprint density at radius 2 is 2.27 bits per heavy atom. The van der Waals surface area contributed by atoms with E-state index in [2.05, 4.69) is 4.74 Å². The molecule has 0 amide bonds. The number of thioether (sulfide) groups is 1. The van der Waals surface area contributed by atoms with Crippen molar-refractivity contribution in [2.75, 3.05) is 18.6 Å². The first-order chi connectivity index (χ1) is 7.11. The highest BCUT2D eigenvalue weighted by Gasteiger charge is 2.17. The molecule has 0 saturated heterocycles. The summed E-state index contributed by atoms with van der Waals surface area (Å²) >= 11 is 7.45. The Morgan fingerprint density at radius 3 is 2.80 bits per heavy atom. The summed E-state index contributed by atoms with van der Waals surface area (Å²) in [7, 11) is 1.30. The molecule has 1 aromatic carbocycles. The fourth-order valence-corrected chi connectivity index (χ4v) is 2.14. The molecule has 5 heteroatoms. The zero-order valence-electron chi connectivity index (χ0n) is 8.54. The van der Waals surface area contributed by atoms with E-state index >= 15 is 0 Å². The van der Waals surface area contributed by atoms with Crippen LogP contribution in [0.1, 0.15) is 17.3 Å². The van der Waals surface area contributed by atoms with Gasteiger partial charge in [-0.2, -0.15) is 0 Å². The van der Waals surface area contributed by atoms with Gasteiger partial charge in [-0.15, -0.1) is 11.8 Å². The quantitative estimate of drug-likeness (QED) is 0.506. The third-order valence-corrected chi connectivity index (χ3v) is 3.11. The van der Waals surface area contributed by atoms with Gasteiger partial charge in [0.1, 0.15) is 5.56 Å². The van der Waals surface area contributed by atoms with E-state index in [1.54, 1.807) is 23.9 Å². The molecule has 0 saturated carbocycles. The zero-order chi connectivity index (χ0) is 11.4. The van der Waals surface area contributed by atoms with Crippen molar-refractivity contribution in [1.29, 1.82) is 0 Å². The van der Waals surface area contributed by atoms with Crippen LogP contribution in [-0.2, 0) is 4.74 Å². The minimum absolute atomic E-state index is 0.248. The minimum atomic E-state index is -0.504. The number of halogens is 1. The lowest BCUT2D eigenvalue weighted by atomic mass is 10.2. The topological polar surface area (TPSA) is 52.3 Å². The van der Waals surface area contributed by atoms with Gasteiger partial charge in [0, 0.05) is 4.90 Å². The molecule has 0 atom stereocenters. The van der Waals surface area contributed by atoms with E-state index in [4.69, 9.17) is 17.3 Å². The number of esters is 1. The van der Waals surface area contributed by atoms with Crippen LogP contribution in [0.4, 0.5) is 5.69 Å². The van der Waals surface area contributed by atoms with Crippen molar-refractivity contribution in [2.45, 2.75) is 11.8 Å². The molecule has 0 unspecified atom stereocenters. The number of methoxy groups -OCH3 is 1. The molecule has 0 spiro atoms. The summed E-state index contributed by atoms with van der Waals surface area (Å²) in [6, 6.07) is 3.46. The fraction of sp³-hybridized carbons (Fsp3) is 0.300. The van der Waals surface area contributed by atoms with Gasteiger partial charge in [0.05, 0.1) is 17.8 Å². The molecule has 0 aliphatic rings. The van der Waals surface area contributed by atoms with Gasteiger partial charge < -0.3 is 10.5 Å². The molecule has 0 aliphatic carbocycles. The Bertz CT molecular complexity index is 382. The van der Waals surface area contributed by atoms with Gasteiger partial charge in [0.25, 0.3) is 0 Å². The maximum absolute atomic E-state index is 11.4. The van der Waals surface area contributed by atoms with Crippen LogP contribution in [0.5, 0.6) is 0 Å². The highest BCUT2D eigenvalue weighted by atomic mass is 35.5. The Balaban J connectivity index is 3.23. The van der Waals surface area contributed by atoms with Gasteiger partial charge in [-0.25, -0.2) is 4.79 Å². The fourth-order valence-electron chi connectivity index (χ4n) is 1.16. The van der Waals surface area contributed by atoms with Crippen LogP contribution in [0.15, 0.2) is 17.0 Å². The Hall–Kier alpha value is -0.870. The van der Waals surface area contributed by atoms with E-state index in [9.17, 15) is 4.79 Å². The highest BCUT2D eigenvalue weighted by Crippen LogP contribution is 2.32. The largest absolute Gasteiger partial charge is 0.465 e. The second kappa shape index (κ2) is 5.28. The van der Waals surface area contributed by atoms with E-state index in [1.807, 2.05) is 6.92 Å². The summed E-state index contributed by atoms with van der Waals surface area (Å²) in [6.45, 7) is 2.01. The molecule has 2 N–H and O–H groups in total. The monoisotopic (exact) mass is 245 g/mol. The summed E-state index contributed by atoms with van der Waals surface area (Å²) < 4.78 is 4.62. The van der Waals surface area contributed by atoms with Gasteiger partial charge >= 0.3 is 5.97 Å². The van der Waals surface area contributed by atoms with Crippen molar-refractivity contribution in [1.82, 2.24) is 0 Å². The zero-order valence-corrected chi connectivity index (χ0v) is 10.1. The Morgan fingerprint density at radius 1 is 1.60 bits per heavy atom. The number of anilines is 1. The van der Waals surface area contributed by atoms with Gasteiger partial charge in [-0.05, 0) is 17.9 Å². The highest BCUT2D eigenvalue weighted by molar-refractivity contribution is 7.99. The van der Waals surface area contributed by atoms with E-state index < -0.39 is 5.97 Å². The van der Waals surface area contributed by atoms with Gasteiger partial charge in [-0.3, -0.25) is 0 Å². The number of carbonyl (C=O) groups excluding carboxylic acids is 1. The minimum Gasteiger partial charge on any atom is -0.465 e. The van der Waals surface area contributed by atoms with Crippen molar-refractivity contribution in [2.24, 2.45) is 0 Å². The maximum Gasteiger partial charge on any atom is 0.341 e. The van der Waals surface area contributed by atoms with Crippen LogP contribution >= 0.6 is 23.4 Å². The predicted molar refractivity (Wildman–Crippen MR) is 63.6 cm³/mol. The van der Waals surface area contributed by atoms with Gasteiger partial charge in [-0.1, -0.05) is 18.5 Å². The molecule has 0 bridgehead atoms. The number of carbonyl (C=O) groups is 1. The number of hydrogen-bond acceptors (Lipinski definition) is 4. The summed E-state index contributed by atoms with van der Waals surface area (Å²) in [5, 5.41) is 0.319. The molecule has 82 valence electrons. The first-order valence-electron chi connectivity index (χ1n) is 4.40. The van der Waals surface area contributed by atoms with Crippen LogP contribution in [0.2, 0.25) is 5.02 Å². The number of nitrogens with two attached hydrogens (primary N) is 1. The third kappa shape index (κ3) is 2.58. The van der Waals surface area contributed by atoms with Gasteiger partial charge in [0.2, 0.25) is 0 Å². The van der Waals surface area contributed by atoms with Crippen molar-refractivity contribution < 1.29 is 9.53 Å². The van der Waals surface area contributed by atoms with Crippen LogP contribution in [-0.4, -0.2) is 18.8 Å². The molecule has 3 nitrogen and oxygen atoms in total. The molecule has 1 aromatic rings. The van der Waals surface area contributed by atoms with Gasteiger partial charge in [0.15, 0.2) is 0 Å². The summed E-state index contributed by atoms with van der Waals surface area (Å²) in [5.74, 6) is 0.378. The second-order valence-electron chi connectivity index (χ2n) is 2.76. The van der Waals surface area contributed by atoms with Crippen LogP contribution in [0.3, 0.4) is 0 Å². The molecule has 1 rings (SSSR count). The average molecular weight is 246 g/mol. The lowest BCUT2D eigenvalue weighted by Crippen LogP contribution is -2.07. The van der Waals surface area contributed by atoms with E-state index in [-0.39, 0.29) is 5.56 Å². The van der Waals surface area contributed by atoms with Crippen LogP contribution < -0.4 is 5.73 Å². The molecule has 0 heterocycles. The molecule has 15 heavy (non-hydrogen) atoms. The number of benzene rings is 1. The lowest BCUT2D eigenvalue weighted by molar-refractivity contribution is 0.0602. The Labute approximate surface area is 97.9 Å². The number of hydrogen-bond donors (Lipinski definition) is 1. The molecular weight excluding hydrogens is 234 g/mol. The average Bonchev–Trinajstić information content (AvgIpc) is 2.22.